The number of nitriles is 1. The molecule has 1 saturated carbocycles. The Morgan fingerprint density at radius 1 is 0.904 bits per heavy atom. The van der Waals surface area contributed by atoms with E-state index in [1.807, 2.05) is 79.7 Å². The van der Waals surface area contributed by atoms with Gasteiger partial charge in [-0.3, -0.25) is 19.2 Å². The summed E-state index contributed by atoms with van der Waals surface area (Å²) in [5.74, 6) is -0.749. The first-order valence-corrected chi connectivity index (χ1v) is 26.0. The van der Waals surface area contributed by atoms with E-state index in [0.717, 1.165) is 39.2 Å². The van der Waals surface area contributed by atoms with Crippen LogP contribution in [0.3, 0.4) is 0 Å². The molecule has 4 atom stereocenters. The van der Waals surface area contributed by atoms with Crippen LogP contribution in [0.5, 0.6) is 5.75 Å². The van der Waals surface area contributed by atoms with Crippen molar-refractivity contribution in [1.82, 2.24) is 25.8 Å². The van der Waals surface area contributed by atoms with E-state index in [0.29, 0.717) is 53.5 Å². The van der Waals surface area contributed by atoms with Crippen molar-refractivity contribution in [1.29, 1.82) is 5.26 Å². The summed E-state index contributed by atoms with van der Waals surface area (Å²) in [5, 5.41) is 39.9. The number of amides is 4. The van der Waals surface area contributed by atoms with Crippen LogP contribution in [0.15, 0.2) is 96.5 Å². The van der Waals surface area contributed by atoms with E-state index < -0.39 is 47.6 Å². The number of β-amino-alcohol motifs (C(OH)–C–C–N with tert-alkyl or cyclic N) is 1. The molecular weight excluding hydrogens is 964 g/mol. The molecule has 1 aliphatic heterocycles. The zero-order valence-electron chi connectivity index (χ0n) is 42.8. The summed E-state index contributed by atoms with van der Waals surface area (Å²) in [5.41, 5.74) is 7.04. The van der Waals surface area contributed by atoms with Crippen molar-refractivity contribution >= 4 is 46.6 Å². The number of rotatable bonds is 19. The first kappa shape index (κ1) is 54.6. The van der Waals surface area contributed by atoms with Crippen LogP contribution in [0.2, 0.25) is 5.02 Å². The number of ether oxygens (including phenoxy) is 2. The van der Waals surface area contributed by atoms with Crippen molar-refractivity contribution in [2.45, 2.75) is 112 Å². The van der Waals surface area contributed by atoms with Gasteiger partial charge in [0.1, 0.15) is 30.5 Å². The molecule has 5 N–H and O–H groups in total. The number of thiazole rings is 1. The average molecular weight is 1030 g/mol. The molecule has 1 saturated heterocycles. The predicted octanol–water partition coefficient (Wildman–Crippen LogP) is 8.81. The number of benzene rings is 4. The number of halogens is 1. The van der Waals surface area contributed by atoms with E-state index in [4.69, 9.17) is 21.1 Å². The van der Waals surface area contributed by atoms with E-state index in [-0.39, 0.29) is 48.3 Å². The molecule has 0 bridgehead atoms. The number of nitrogens with zero attached hydrogens (tertiary/aromatic N) is 3. The highest BCUT2D eigenvalue weighted by molar-refractivity contribution is 7.13. The van der Waals surface area contributed by atoms with E-state index in [1.165, 1.54) is 16.2 Å². The second-order valence-electron chi connectivity index (χ2n) is 21.5. The maximum atomic E-state index is 14.0. The lowest BCUT2D eigenvalue weighted by Gasteiger charge is -2.64. The summed E-state index contributed by atoms with van der Waals surface area (Å²) in [6, 6.07) is 28.0. The van der Waals surface area contributed by atoms with Gasteiger partial charge in [-0.15, -0.1) is 11.3 Å². The molecule has 4 aromatic carbocycles. The maximum Gasteiger partial charge on any atom is 0.251 e. The number of nitrogens with one attached hydrogen (secondary N) is 3. The lowest BCUT2D eigenvalue weighted by atomic mass is 9.43. The van der Waals surface area contributed by atoms with Gasteiger partial charge in [0.25, 0.3) is 5.91 Å². The van der Waals surface area contributed by atoms with Gasteiger partial charge in [0.15, 0.2) is 6.23 Å². The summed E-state index contributed by atoms with van der Waals surface area (Å²) in [6.07, 6.45) is -0.236. The molecule has 73 heavy (non-hydrogen) atoms. The second-order valence-corrected chi connectivity index (χ2v) is 22.8. The molecule has 1 aliphatic carbocycles. The van der Waals surface area contributed by atoms with Crippen molar-refractivity contribution in [2.24, 2.45) is 22.2 Å². The minimum absolute atomic E-state index is 0.0175. The second kappa shape index (κ2) is 22.9. The van der Waals surface area contributed by atoms with E-state index >= 15 is 0 Å². The van der Waals surface area contributed by atoms with Crippen LogP contribution in [0.4, 0.5) is 0 Å². The summed E-state index contributed by atoms with van der Waals surface area (Å²) < 4.78 is 11.6. The third kappa shape index (κ3) is 12.8. The van der Waals surface area contributed by atoms with Crippen LogP contribution in [0, 0.1) is 40.4 Å². The smallest absolute Gasteiger partial charge is 0.251 e. The summed E-state index contributed by atoms with van der Waals surface area (Å²) >= 11 is 7.84. The topological polar surface area (TPSA) is 203 Å². The van der Waals surface area contributed by atoms with Gasteiger partial charge in [-0.25, -0.2) is 4.98 Å². The fourth-order valence-electron chi connectivity index (χ4n) is 10.6. The minimum atomic E-state index is -1.35. The molecule has 5 aromatic rings. The first-order valence-electron chi connectivity index (χ1n) is 24.8. The Kier molecular flexibility index (Phi) is 17.2. The van der Waals surface area contributed by atoms with Crippen molar-refractivity contribution in [3.05, 3.63) is 129 Å². The lowest BCUT2D eigenvalue weighted by Crippen LogP contribution is -2.70. The first-order chi connectivity index (χ1) is 34.6. The number of hydrogen-bond acceptors (Lipinski definition) is 11. The van der Waals surface area contributed by atoms with Gasteiger partial charge in [-0.05, 0) is 107 Å². The number of aryl methyl sites for hydroxylation is 1. The third-order valence-electron chi connectivity index (χ3n) is 14.5. The number of hydrogen-bond donors (Lipinski definition) is 5. The standard InChI is InChI=1S/C57H67ClN6O8S/c1-34-48(73-33-60-34)38-15-19-39(20-16-38)50(67)62-52(69)45-29-42(65)31-64(45)53(70)49(55(2,3)4)61-47(66)32-71-25-9-10-26-72-43-23-21-37(22-24-43)36-13-17-40(18-14-36)51(68)63-54-56(5,6)46(57(54,7)8)28-35-11-12-41(30-59)44(58)27-35/h11-24,27,33,42,45-46,49-50,54,65,67H,9-10,25-26,28-29,31-32H2,1-8H3,(H,61,66)(H,62,69)(H,63,68)/t42-,45+,46?,49?,50+,54?/m1/s1. The van der Waals surface area contributed by atoms with E-state index in [1.54, 1.807) is 44.5 Å². The third-order valence-corrected chi connectivity index (χ3v) is 15.8. The van der Waals surface area contributed by atoms with Crippen molar-refractivity contribution in [3.8, 4) is 33.4 Å². The highest BCUT2D eigenvalue weighted by Crippen LogP contribution is 2.60. The van der Waals surface area contributed by atoms with E-state index in [2.05, 4.69) is 54.7 Å². The molecular formula is C57H67ClN6O8S. The molecule has 2 aliphatic rings. The number of carbonyl (C=O) groups is 4. The molecule has 1 unspecified atom stereocenters. The lowest BCUT2D eigenvalue weighted by molar-refractivity contribution is -0.145. The highest BCUT2D eigenvalue weighted by atomic mass is 35.5. The Labute approximate surface area is 437 Å². The molecule has 7 rings (SSSR count). The molecule has 0 spiro atoms. The summed E-state index contributed by atoms with van der Waals surface area (Å²) in [6.45, 7) is 16.5. The van der Waals surface area contributed by atoms with Crippen LogP contribution in [-0.2, 0) is 25.5 Å². The Morgan fingerprint density at radius 2 is 1.53 bits per heavy atom. The Hall–Kier alpha value is -6.15. The van der Waals surface area contributed by atoms with Gasteiger partial charge in [0, 0.05) is 36.7 Å². The number of carbonyl (C=O) groups excluding carboxylic acids is 4. The zero-order chi connectivity index (χ0) is 52.8. The molecule has 2 fully saturated rings. The highest BCUT2D eigenvalue weighted by Gasteiger charge is 2.61. The fraction of sp³-hybridized carbons (Fsp3) is 0.439. The van der Waals surface area contributed by atoms with Crippen molar-refractivity contribution in [3.63, 3.8) is 0 Å². The largest absolute Gasteiger partial charge is 0.494 e. The van der Waals surface area contributed by atoms with Crippen LogP contribution in [0.1, 0.15) is 107 Å². The van der Waals surface area contributed by atoms with Crippen molar-refractivity contribution < 1.29 is 38.9 Å². The Morgan fingerprint density at radius 3 is 2.14 bits per heavy atom. The molecule has 1 aromatic heterocycles. The number of likely N-dealkylation sites (tertiary alicyclic amines) is 1. The number of aromatic nitrogens is 1. The van der Waals surface area contributed by atoms with Gasteiger partial charge >= 0.3 is 0 Å². The zero-order valence-corrected chi connectivity index (χ0v) is 44.4. The normalized spacial score (nSPS) is 19.7. The molecule has 16 heteroatoms. The van der Waals surface area contributed by atoms with Gasteiger partial charge in [-0.2, -0.15) is 5.26 Å². The van der Waals surface area contributed by atoms with Crippen LogP contribution < -0.4 is 20.7 Å². The van der Waals surface area contributed by atoms with Crippen molar-refractivity contribution in [2.75, 3.05) is 26.4 Å². The van der Waals surface area contributed by atoms with Gasteiger partial charge in [0.2, 0.25) is 17.7 Å². The molecule has 2 heterocycles. The molecule has 386 valence electrons. The average Bonchev–Trinajstić information content (AvgIpc) is 3.98. The number of unbranched alkanes of at least 4 members (excludes halogenated alkanes) is 1. The Bertz CT molecular complexity index is 2790. The minimum Gasteiger partial charge on any atom is -0.494 e. The van der Waals surface area contributed by atoms with Gasteiger partial charge in [-0.1, -0.05) is 115 Å². The molecule has 14 nitrogen and oxygen atoms in total. The molecule has 4 amide bonds. The van der Waals surface area contributed by atoms with Crippen LogP contribution >= 0.6 is 22.9 Å². The van der Waals surface area contributed by atoms with Crippen LogP contribution in [-0.4, -0.2) is 94.3 Å². The molecule has 0 radical (unpaired) electrons. The fourth-order valence-corrected chi connectivity index (χ4v) is 11.7. The quantitative estimate of drug-likeness (QED) is 0.0393. The number of aliphatic hydroxyl groups excluding tert-OH is 2. The number of aliphatic hydroxyl groups is 2. The maximum absolute atomic E-state index is 14.0. The summed E-state index contributed by atoms with van der Waals surface area (Å²) in [4.78, 5) is 60.7. The Balaban J connectivity index is 0.812. The predicted molar refractivity (Wildman–Crippen MR) is 283 cm³/mol. The van der Waals surface area contributed by atoms with Crippen LogP contribution in [0.25, 0.3) is 21.6 Å². The summed E-state index contributed by atoms with van der Waals surface area (Å²) in [7, 11) is 0. The monoisotopic (exact) mass is 1030 g/mol. The van der Waals surface area contributed by atoms with Gasteiger partial charge in [0.05, 0.1) is 39.4 Å². The van der Waals surface area contributed by atoms with Gasteiger partial charge < -0.3 is 40.5 Å². The van der Waals surface area contributed by atoms with E-state index in [9.17, 15) is 34.7 Å². The SMILES string of the molecule is Cc1ncsc1-c1ccc([C@H](O)NC(=O)[C@@H]2C[C@@H](O)CN2C(=O)C(NC(=O)COCCCCOc2ccc(-c3ccc(C(=O)NC4C(C)(C)C(Cc5ccc(C#N)c(Cl)c5)C4(C)C)cc3)cc2)C(C)(C)C)cc1.